The topological polar surface area (TPSA) is 25.2 Å². The minimum absolute atomic E-state index is 1.07. The van der Waals surface area contributed by atoms with E-state index in [1.807, 2.05) is 27.1 Å². The first-order valence-electron chi connectivity index (χ1n) is 6.54. The Labute approximate surface area is 115 Å². The molecule has 0 radical (unpaired) electrons. The summed E-state index contributed by atoms with van der Waals surface area (Å²) in [6.07, 6.45) is 8.41. The standard InChI is InChI=1S/C17H20N2/c1-6-14-9-15(8-12(3)17(14)18-5)16-7-11(2)13(4)19-10-16/h6-10H,1-5H3/b14-6-,18-17?. The summed E-state index contributed by atoms with van der Waals surface area (Å²) in [6.45, 7) is 8.29. The quantitative estimate of drug-likeness (QED) is 0.740. The van der Waals surface area contributed by atoms with Crippen LogP contribution < -0.4 is 0 Å². The first kappa shape index (κ1) is 13.5. The van der Waals surface area contributed by atoms with Gasteiger partial charge in [-0.25, -0.2) is 0 Å². The molecule has 0 unspecified atom stereocenters. The lowest BCUT2D eigenvalue weighted by molar-refractivity contribution is 1.14. The fourth-order valence-electron chi connectivity index (χ4n) is 2.30. The van der Waals surface area contributed by atoms with Crippen LogP contribution in [0.2, 0.25) is 0 Å². The smallest absolute Gasteiger partial charge is 0.0669 e. The zero-order valence-corrected chi connectivity index (χ0v) is 12.3. The lowest BCUT2D eigenvalue weighted by Gasteiger charge is -2.16. The van der Waals surface area contributed by atoms with E-state index in [1.165, 1.54) is 22.3 Å². The lowest BCUT2D eigenvalue weighted by Crippen LogP contribution is -2.08. The molecule has 2 nitrogen and oxygen atoms in total. The third kappa shape index (κ3) is 2.58. The molecule has 0 saturated heterocycles. The van der Waals surface area contributed by atoms with Gasteiger partial charge in [-0.15, -0.1) is 0 Å². The summed E-state index contributed by atoms with van der Waals surface area (Å²) in [7, 11) is 1.84. The number of nitrogens with zero attached hydrogens (tertiary/aromatic N) is 2. The van der Waals surface area contributed by atoms with E-state index in [4.69, 9.17) is 0 Å². The summed E-state index contributed by atoms with van der Waals surface area (Å²) in [5.74, 6) is 0. The minimum atomic E-state index is 1.07. The molecular formula is C17H20N2. The number of aliphatic imine (C=N–C) groups is 1. The molecule has 1 aromatic heterocycles. The van der Waals surface area contributed by atoms with Crippen LogP contribution in [0.5, 0.6) is 0 Å². The second-order valence-corrected chi connectivity index (χ2v) is 4.87. The molecule has 98 valence electrons. The van der Waals surface area contributed by atoms with Gasteiger partial charge < -0.3 is 0 Å². The first-order chi connectivity index (χ1) is 9.06. The highest BCUT2D eigenvalue weighted by Gasteiger charge is 2.14. The molecule has 2 rings (SSSR count). The number of rotatable bonds is 1. The second kappa shape index (κ2) is 5.35. The Morgan fingerprint density at radius 2 is 1.89 bits per heavy atom. The summed E-state index contributed by atoms with van der Waals surface area (Å²) >= 11 is 0. The summed E-state index contributed by atoms with van der Waals surface area (Å²) < 4.78 is 0. The van der Waals surface area contributed by atoms with Gasteiger partial charge in [0.1, 0.15) is 0 Å². The maximum Gasteiger partial charge on any atom is 0.0669 e. The van der Waals surface area contributed by atoms with Gasteiger partial charge in [0.25, 0.3) is 0 Å². The Hall–Kier alpha value is -1.96. The average molecular weight is 252 g/mol. The van der Waals surface area contributed by atoms with E-state index in [0.29, 0.717) is 0 Å². The molecular weight excluding hydrogens is 232 g/mol. The van der Waals surface area contributed by atoms with Crippen molar-refractivity contribution in [3.63, 3.8) is 0 Å². The van der Waals surface area contributed by atoms with Crippen LogP contribution in [0.1, 0.15) is 30.7 Å². The van der Waals surface area contributed by atoms with Gasteiger partial charge in [-0.05, 0) is 68.2 Å². The molecule has 2 heteroatoms. The summed E-state index contributed by atoms with van der Waals surface area (Å²) in [6, 6.07) is 2.19. The second-order valence-electron chi connectivity index (χ2n) is 4.87. The number of allylic oxidation sites excluding steroid dienone is 6. The minimum Gasteiger partial charge on any atom is -0.288 e. The summed E-state index contributed by atoms with van der Waals surface area (Å²) in [5, 5.41) is 0. The average Bonchev–Trinajstić information content (AvgIpc) is 2.40. The predicted molar refractivity (Wildman–Crippen MR) is 82.6 cm³/mol. The van der Waals surface area contributed by atoms with E-state index in [1.54, 1.807) is 0 Å². The number of aryl methyl sites for hydroxylation is 2. The molecule has 0 N–H and O–H groups in total. The third-order valence-electron chi connectivity index (χ3n) is 3.54. The number of pyridine rings is 1. The highest BCUT2D eigenvalue weighted by atomic mass is 14.7. The molecule has 0 fully saturated rings. The van der Waals surface area contributed by atoms with Crippen molar-refractivity contribution in [2.24, 2.45) is 4.99 Å². The van der Waals surface area contributed by atoms with Gasteiger partial charge in [-0.1, -0.05) is 6.08 Å². The zero-order valence-electron chi connectivity index (χ0n) is 12.3. The number of aromatic nitrogens is 1. The van der Waals surface area contributed by atoms with Crippen molar-refractivity contribution in [1.82, 2.24) is 4.98 Å². The Morgan fingerprint density at radius 1 is 1.16 bits per heavy atom. The van der Waals surface area contributed by atoms with Gasteiger partial charge in [0.2, 0.25) is 0 Å². The molecule has 19 heavy (non-hydrogen) atoms. The van der Waals surface area contributed by atoms with Gasteiger partial charge in [0.15, 0.2) is 0 Å². The highest BCUT2D eigenvalue weighted by Crippen LogP contribution is 2.27. The molecule has 0 aromatic carbocycles. The Kier molecular flexibility index (Phi) is 3.79. The molecule has 1 aromatic rings. The molecule has 0 amide bonds. The van der Waals surface area contributed by atoms with Crippen molar-refractivity contribution in [2.75, 3.05) is 7.05 Å². The third-order valence-corrected chi connectivity index (χ3v) is 3.54. The monoisotopic (exact) mass is 252 g/mol. The molecule has 0 spiro atoms. The Balaban J connectivity index is 2.52. The maximum atomic E-state index is 4.45. The van der Waals surface area contributed by atoms with Gasteiger partial charge in [-0.2, -0.15) is 0 Å². The molecule has 0 saturated carbocycles. The normalized spacial score (nSPS) is 19.6. The van der Waals surface area contributed by atoms with Crippen LogP contribution in [-0.2, 0) is 0 Å². The first-order valence-corrected chi connectivity index (χ1v) is 6.54. The van der Waals surface area contributed by atoms with E-state index in [-0.39, 0.29) is 0 Å². The van der Waals surface area contributed by atoms with E-state index in [2.05, 4.69) is 48.1 Å². The van der Waals surface area contributed by atoms with E-state index < -0.39 is 0 Å². The van der Waals surface area contributed by atoms with Crippen molar-refractivity contribution >= 4 is 11.3 Å². The Bertz CT molecular complexity index is 629. The van der Waals surface area contributed by atoms with Crippen molar-refractivity contribution < 1.29 is 0 Å². The molecule has 1 aliphatic carbocycles. The zero-order chi connectivity index (χ0) is 14.0. The van der Waals surface area contributed by atoms with Crippen molar-refractivity contribution in [3.8, 4) is 0 Å². The van der Waals surface area contributed by atoms with Crippen LogP contribution in [0.25, 0.3) is 5.57 Å². The summed E-state index contributed by atoms with van der Waals surface area (Å²) in [4.78, 5) is 8.81. The van der Waals surface area contributed by atoms with E-state index in [9.17, 15) is 0 Å². The number of hydrogen-bond acceptors (Lipinski definition) is 2. The van der Waals surface area contributed by atoms with Crippen LogP contribution >= 0.6 is 0 Å². The van der Waals surface area contributed by atoms with E-state index in [0.717, 1.165) is 17.0 Å². The molecule has 0 aliphatic heterocycles. The van der Waals surface area contributed by atoms with Crippen LogP contribution in [0.15, 0.2) is 46.6 Å². The largest absolute Gasteiger partial charge is 0.288 e. The van der Waals surface area contributed by atoms with Crippen LogP contribution in [-0.4, -0.2) is 17.7 Å². The maximum absolute atomic E-state index is 4.45. The summed E-state index contributed by atoms with van der Waals surface area (Å²) in [5.41, 5.74) is 8.13. The van der Waals surface area contributed by atoms with Crippen molar-refractivity contribution in [3.05, 3.63) is 58.5 Å². The van der Waals surface area contributed by atoms with Gasteiger partial charge in [0, 0.05) is 24.5 Å². The van der Waals surface area contributed by atoms with Gasteiger partial charge in [0.05, 0.1) is 5.71 Å². The SMILES string of the molecule is C/C=C1/C=C(c2cnc(C)c(C)c2)C=C(C)C1=NC. The highest BCUT2D eigenvalue weighted by molar-refractivity contribution is 6.18. The van der Waals surface area contributed by atoms with Crippen LogP contribution in [0.3, 0.4) is 0 Å². The molecule has 0 atom stereocenters. The van der Waals surface area contributed by atoms with Gasteiger partial charge >= 0.3 is 0 Å². The number of hydrogen-bond donors (Lipinski definition) is 0. The predicted octanol–water partition coefficient (Wildman–Crippen LogP) is 4.06. The van der Waals surface area contributed by atoms with Crippen LogP contribution in [0.4, 0.5) is 0 Å². The van der Waals surface area contributed by atoms with Crippen LogP contribution in [0, 0.1) is 13.8 Å². The van der Waals surface area contributed by atoms with Crippen molar-refractivity contribution in [1.29, 1.82) is 0 Å². The molecule has 1 heterocycles. The lowest BCUT2D eigenvalue weighted by atomic mass is 9.90. The van der Waals surface area contributed by atoms with Crippen molar-refractivity contribution in [2.45, 2.75) is 27.7 Å². The van der Waals surface area contributed by atoms with E-state index >= 15 is 0 Å². The molecule has 1 aliphatic rings. The fourth-order valence-corrected chi connectivity index (χ4v) is 2.30. The fraction of sp³-hybridized carbons (Fsp3) is 0.294. The van der Waals surface area contributed by atoms with Gasteiger partial charge in [-0.3, -0.25) is 9.98 Å². The molecule has 0 bridgehead atoms. The Morgan fingerprint density at radius 3 is 2.47 bits per heavy atom.